The number of rotatable bonds is 6. The first-order valence-electron chi connectivity index (χ1n) is 7.09. The molecule has 1 aromatic carbocycles. The van der Waals surface area contributed by atoms with E-state index in [4.69, 9.17) is 4.74 Å². The Hall–Kier alpha value is -0.510. The molecule has 1 saturated heterocycles. The monoisotopic (exact) mass is 279 g/mol. The minimum Gasteiger partial charge on any atom is -0.381 e. The zero-order valence-electron chi connectivity index (χ0n) is 12.2. The summed E-state index contributed by atoms with van der Waals surface area (Å²) < 4.78 is 5.49. The van der Waals surface area contributed by atoms with Gasteiger partial charge in [0.1, 0.15) is 0 Å². The van der Waals surface area contributed by atoms with Gasteiger partial charge in [-0.2, -0.15) is 11.8 Å². The average molecular weight is 279 g/mol. The predicted octanol–water partition coefficient (Wildman–Crippen LogP) is 3.16. The van der Waals surface area contributed by atoms with Gasteiger partial charge in [0.15, 0.2) is 0 Å². The Morgan fingerprint density at radius 1 is 1.32 bits per heavy atom. The van der Waals surface area contributed by atoms with Crippen molar-refractivity contribution in [2.24, 2.45) is 5.92 Å². The maximum atomic E-state index is 5.49. The molecule has 1 N–H and O–H groups in total. The highest BCUT2D eigenvalue weighted by Gasteiger charge is 2.24. The summed E-state index contributed by atoms with van der Waals surface area (Å²) in [5.41, 5.74) is 4.18. The molecule has 0 radical (unpaired) electrons. The van der Waals surface area contributed by atoms with Crippen molar-refractivity contribution in [1.29, 1.82) is 0 Å². The predicted molar refractivity (Wildman–Crippen MR) is 83.9 cm³/mol. The maximum Gasteiger partial charge on any atom is 0.0510 e. The van der Waals surface area contributed by atoms with E-state index < -0.39 is 0 Å². The van der Waals surface area contributed by atoms with Crippen molar-refractivity contribution in [1.82, 2.24) is 5.32 Å². The van der Waals surface area contributed by atoms with Crippen molar-refractivity contribution in [3.8, 4) is 0 Å². The van der Waals surface area contributed by atoms with Crippen LogP contribution >= 0.6 is 11.8 Å². The Morgan fingerprint density at radius 2 is 2.05 bits per heavy atom. The molecule has 1 heterocycles. The van der Waals surface area contributed by atoms with E-state index in [1.807, 2.05) is 11.8 Å². The summed E-state index contributed by atoms with van der Waals surface area (Å²) in [6.45, 7) is 6.21. The fourth-order valence-electron chi connectivity index (χ4n) is 2.78. The molecule has 0 aromatic heterocycles. The van der Waals surface area contributed by atoms with Crippen LogP contribution in [0.15, 0.2) is 18.2 Å². The van der Waals surface area contributed by atoms with Gasteiger partial charge >= 0.3 is 0 Å². The van der Waals surface area contributed by atoms with Crippen LogP contribution in [0.2, 0.25) is 0 Å². The standard InChI is InChI=1S/C16H25NOS/c1-12-6-13(2)8-14(7-12)10-19-11-16(17-3)15-4-5-18-9-15/h6-8,15-17H,4-5,9-11H2,1-3H3. The van der Waals surface area contributed by atoms with Gasteiger partial charge in [-0.05, 0) is 32.9 Å². The van der Waals surface area contributed by atoms with E-state index in [9.17, 15) is 0 Å². The average Bonchev–Trinajstić information content (AvgIpc) is 2.87. The summed E-state index contributed by atoms with van der Waals surface area (Å²) in [7, 11) is 2.07. The second kappa shape index (κ2) is 7.32. The molecule has 0 bridgehead atoms. The van der Waals surface area contributed by atoms with Crippen molar-refractivity contribution < 1.29 is 4.74 Å². The number of hydrogen-bond acceptors (Lipinski definition) is 3. The Labute approximate surface area is 121 Å². The normalized spacial score (nSPS) is 20.7. The quantitative estimate of drug-likeness (QED) is 0.864. The van der Waals surface area contributed by atoms with Crippen LogP contribution in [0.5, 0.6) is 0 Å². The Kier molecular flexibility index (Phi) is 5.74. The number of nitrogens with one attached hydrogen (secondary N) is 1. The van der Waals surface area contributed by atoms with Crippen molar-refractivity contribution in [3.63, 3.8) is 0 Å². The topological polar surface area (TPSA) is 21.3 Å². The highest BCUT2D eigenvalue weighted by molar-refractivity contribution is 7.98. The third-order valence-corrected chi connectivity index (χ3v) is 4.88. The lowest BCUT2D eigenvalue weighted by Crippen LogP contribution is -2.36. The Bertz CT molecular complexity index is 381. The third kappa shape index (κ3) is 4.51. The molecule has 1 aliphatic heterocycles. The van der Waals surface area contributed by atoms with Gasteiger partial charge in [0.05, 0.1) is 6.61 Å². The van der Waals surface area contributed by atoms with Crippen molar-refractivity contribution in [2.75, 3.05) is 26.0 Å². The van der Waals surface area contributed by atoms with Gasteiger partial charge < -0.3 is 10.1 Å². The zero-order valence-corrected chi connectivity index (χ0v) is 13.1. The molecule has 2 atom stereocenters. The molecule has 1 fully saturated rings. The van der Waals surface area contributed by atoms with Crippen LogP contribution in [-0.4, -0.2) is 32.1 Å². The molecular formula is C16H25NOS. The van der Waals surface area contributed by atoms with Gasteiger partial charge in [-0.15, -0.1) is 0 Å². The molecule has 0 saturated carbocycles. The number of benzene rings is 1. The molecule has 106 valence electrons. The van der Waals surface area contributed by atoms with E-state index in [1.54, 1.807) is 0 Å². The van der Waals surface area contributed by atoms with Crippen molar-refractivity contribution >= 4 is 11.8 Å². The third-order valence-electron chi connectivity index (χ3n) is 3.75. The molecule has 2 rings (SSSR count). The second-order valence-corrected chi connectivity index (χ2v) is 6.56. The van der Waals surface area contributed by atoms with E-state index in [-0.39, 0.29) is 0 Å². The largest absolute Gasteiger partial charge is 0.381 e. The Balaban J connectivity index is 1.81. The molecule has 0 amide bonds. The number of ether oxygens (including phenoxy) is 1. The van der Waals surface area contributed by atoms with E-state index >= 15 is 0 Å². The van der Waals surface area contributed by atoms with Crippen LogP contribution < -0.4 is 5.32 Å². The summed E-state index contributed by atoms with van der Waals surface area (Å²) in [5, 5.41) is 3.45. The SMILES string of the molecule is CNC(CSCc1cc(C)cc(C)c1)C1CCOC1. The molecule has 3 heteroatoms. The second-order valence-electron chi connectivity index (χ2n) is 5.53. The smallest absolute Gasteiger partial charge is 0.0510 e. The summed E-state index contributed by atoms with van der Waals surface area (Å²) in [6.07, 6.45) is 1.20. The minimum atomic E-state index is 0.582. The van der Waals surface area contributed by atoms with E-state index in [1.165, 1.54) is 23.1 Å². The van der Waals surface area contributed by atoms with E-state index in [0.29, 0.717) is 12.0 Å². The molecule has 2 unspecified atom stereocenters. The molecular weight excluding hydrogens is 254 g/mol. The first kappa shape index (κ1) is 14.9. The van der Waals surface area contributed by atoms with Gasteiger partial charge in [0.25, 0.3) is 0 Å². The van der Waals surface area contributed by atoms with Crippen LogP contribution in [0.25, 0.3) is 0 Å². The summed E-state index contributed by atoms with van der Waals surface area (Å²) in [4.78, 5) is 0. The van der Waals surface area contributed by atoms with Gasteiger partial charge in [0, 0.05) is 30.1 Å². The van der Waals surface area contributed by atoms with Crippen LogP contribution in [0, 0.1) is 19.8 Å². The fourth-order valence-corrected chi connectivity index (χ4v) is 3.99. The molecule has 0 aliphatic carbocycles. The van der Waals surface area contributed by atoms with Gasteiger partial charge in [-0.3, -0.25) is 0 Å². The van der Waals surface area contributed by atoms with E-state index in [0.717, 1.165) is 24.7 Å². The highest BCUT2D eigenvalue weighted by atomic mass is 32.2. The fraction of sp³-hybridized carbons (Fsp3) is 0.625. The van der Waals surface area contributed by atoms with Crippen LogP contribution in [-0.2, 0) is 10.5 Å². The first-order valence-corrected chi connectivity index (χ1v) is 8.24. The number of thioether (sulfide) groups is 1. The minimum absolute atomic E-state index is 0.582. The molecule has 2 nitrogen and oxygen atoms in total. The lowest BCUT2D eigenvalue weighted by atomic mass is 10.0. The van der Waals surface area contributed by atoms with Crippen LogP contribution in [0.4, 0.5) is 0 Å². The van der Waals surface area contributed by atoms with Crippen molar-refractivity contribution in [3.05, 3.63) is 34.9 Å². The Morgan fingerprint density at radius 3 is 2.63 bits per heavy atom. The molecule has 0 spiro atoms. The van der Waals surface area contributed by atoms with Crippen LogP contribution in [0.1, 0.15) is 23.1 Å². The van der Waals surface area contributed by atoms with Crippen LogP contribution in [0.3, 0.4) is 0 Å². The summed E-state index contributed by atoms with van der Waals surface area (Å²) in [5.74, 6) is 2.96. The lowest BCUT2D eigenvalue weighted by Gasteiger charge is -2.21. The molecule has 1 aromatic rings. The number of aryl methyl sites for hydroxylation is 2. The highest BCUT2D eigenvalue weighted by Crippen LogP contribution is 2.22. The summed E-state index contributed by atoms with van der Waals surface area (Å²) in [6, 6.07) is 7.42. The van der Waals surface area contributed by atoms with Gasteiger partial charge in [-0.1, -0.05) is 29.3 Å². The van der Waals surface area contributed by atoms with Gasteiger partial charge in [0.2, 0.25) is 0 Å². The van der Waals surface area contributed by atoms with E-state index in [2.05, 4.69) is 44.4 Å². The zero-order chi connectivity index (χ0) is 13.7. The lowest BCUT2D eigenvalue weighted by molar-refractivity contribution is 0.180. The van der Waals surface area contributed by atoms with Crippen molar-refractivity contribution in [2.45, 2.75) is 32.1 Å². The number of hydrogen-bond donors (Lipinski definition) is 1. The first-order chi connectivity index (χ1) is 9.19. The molecule has 1 aliphatic rings. The molecule has 19 heavy (non-hydrogen) atoms. The van der Waals surface area contributed by atoms with Gasteiger partial charge in [-0.25, -0.2) is 0 Å². The summed E-state index contributed by atoms with van der Waals surface area (Å²) >= 11 is 2.03. The maximum absolute atomic E-state index is 5.49.